The van der Waals surface area contributed by atoms with Gasteiger partial charge in [-0.1, -0.05) is 29.8 Å². The molecule has 70 valence electrons. The van der Waals surface area contributed by atoms with Crippen LogP contribution in [0.15, 0.2) is 21.9 Å². The maximum Gasteiger partial charge on any atom is 0.118 e. The number of hydrogen-bond donors (Lipinski definition) is 0. The predicted molar refractivity (Wildman–Crippen MR) is 57.3 cm³/mol. The summed E-state index contributed by atoms with van der Waals surface area (Å²) >= 11 is 3.44. The smallest absolute Gasteiger partial charge is 0.118 e. The number of methoxy groups -OCH3 is 1. The first-order valence-corrected chi connectivity index (χ1v) is 5.13. The molecule has 1 aliphatic rings. The van der Waals surface area contributed by atoms with E-state index < -0.39 is 0 Å². The molecule has 0 aromatic rings. The first-order chi connectivity index (χ1) is 5.74. The van der Waals surface area contributed by atoms with Crippen LogP contribution in [-0.4, -0.2) is 7.11 Å². The van der Waals surface area contributed by atoms with Crippen LogP contribution in [0, 0.1) is 0 Å². The van der Waals surface area contributed by atoms with E-state index in [0.29, 0.717) is 0 Å². The van der Waals surface area contributed by atoms with E-state index in [2.05, 4.69) is 22.9 Å². The maximum atomic E-state index is 5.15. The Kier molecular flexibility index (Phi) is 6.17. The Balaban J connectivity index is 0.000000561. The van der Waals surface area contributed by atoms with Crippen LogP contribution < -0.4 is 0 Å². The summed E-state index contributed by atoms with van der Waals surface area (Å²) in [5, 5.41) is 0. The van der Waals surface area contributed by atoms with Crippen LogP contribution in [-0.2, 0) is 4.74 Å². The Bertz CT molecular complexity index is 192. The standard InChI is InChI=1S/C8H11BrO.C2H6/c1-6-3-4-7(9)5-8(6)10-2;1-2/h5H,3-4H2,1-2H3;1-2H3. The highest BCUT2D eigenvalue weighted by Gasteiger charge is 2.07. The molecule has 0 bridgehead atoms. The zero-order chi connectivity index (χ0) is 9.56. The normalized spacial score (nSPS) is 16.2. The van der Waals surface area contributed by atoms with Gasteiger partial charge in [0.1, 0.15) is 5.76 Å². The minimum Gasteiger partial charge on any atom is -0.497 e. The molecular formula is C10H17BrO. The Hall–Kier alpha value is -0.240. The van der Waals surface area contributed by atoms with Crippen LogP contribution >= 0.6 is 15.9 Å². The average Bonchev–Trinajstić information content (AvgIpc) is 2.13. The van der Waals surface area contributed by atoms with Gasteiger partial charge in [0.05, 0.1) is 7.11 Å². The summed E-state index contributed by atoms with van der Waals surface area (Å²) in [5.74, 6) is 1.01. The van der Waals surface area contributed by atoms with Gasteiger partial charge in [0.15, 0.2) is 0 Å². The van der Waals surface area contributed by atoms with Gasteiger partial charge < -0.3 is 4.74 Å². The zero-order valence-corrected chi connectivity index (χ0v) is 9.86. The maximum absolute atomic E-state index is 5.15. The molecule has 0 aromatic carbocycles. The molecule has 1 nitrogen and oxygen atoms in total. The fraction of sp³-hybridized carbons (Fsp3) is 0.600. The number of allylic oxidation sites excluding steroid dienone is 3. The highest BCUT2D eigenvalue weighted by molar-refractivity contribution is 9.11. The third-order valence-corrected chi connectivity index (χ3v) is 2.29. The molecule has 0 saturated carbocycles. The molecule has 0 atom stereocenters. The summed E-state index contributed by atoms with van der Waals surface area (Å²) in [7, 11) is 1.71. The minimum atomic E-state index is 1.01. The number of rotatable bonds is 1. The molecule has 0 radical (unpaired) electrons. The molecule has 0 saturated heterocycles. The summed E-state index contributed by atoms with van der Waals surface area (Å²) in [6.45, 7) is 6.11. The van der Waals surface area contributed by atoms with E-state index in [-0.39, 0.29) is 0 Å². The lowest BCUT2D eigenvalue weighted by atomic mass is 10.1. The van der Waals surface area contributed by atoms with E-state index in [1.807, 2.05) is 19.9 Å². The number of halogens is 1. The predicted octanol–water partition coefficient (Wildman–Crippen LogP) is 4.01. The molecule has 0 heterocycles. The van der Waals surface area contributed by atoms with E-state index >= 15 is 0 Å². The lowest BCUT2D eigenvalue weighted by molar-refractivity contribution is 0.299. The second kappa shape index (κ2) is 6.30. The van der Waals surface area contributed by atoms with Crippen molar-refractivity contribution < 1.29 is 4.74 Å². The van der Waals surface area contributed by atoms with Crippen molar-refractivity contribution in [1.82, 2.24) is 0 Å². The van der Waals surface area contributed by atoms with Gasteiger partial charge in [0, 0.05) is 0 Å². The quantitative estimate of drug-likeness (QED) is 0.665. The average molecular weight is 233 g/mol. The molecule has 2 heteroatoms. The van der Waals surface area contributed by atoms with Crippen LogP contribution in [0.1, 0.15) is 33.6 Å². The zero-order valence-electron chi connectivity index (χ0n) is 8.28. The van der Waals surface area contributed by atoms with Crippen LogP contribution in [0.2, 0.25) is 0 Å². The fourth-order valence-corrected chi connectivity index (χ4v) is 1.41. The molecule has 1 aliphatic carbocycles. The number of ether oxygens (including phenoxy) is 1. The monoisotopic (exact) mass is 232 g/mol. The number of hydrogen-bond acceptors (Lipinski definition) is 1. The Morgan fingerprint density at radius 3 is 2.33 bits per heavy atom. The van der Waals surface area contributed by atoms with Gasteiger partial charge in [-0.25, -0.2) is 0 Å². The van der Waals surface area contributed by atoms with Crippen LogP contribution in [0.5, 0.6) is 0 Å². The van der Waals surface area contributed by atoms with Gasteiger partial charge in [0.25, 0.3) is 0 Å². The topological polar surface area (TPSA) is 9.23 Å². The van der Waals surface area contributed by atoms with Gasteiger partial charge in [-0.3, -0.25) is 0 Å². The van der Waals surface area contributed by atoms with Crippen molar-refractivity contribution in [2.75, 3.05) is 7.11 Å². The summed E-state index contributed by atoms with van der Waals surface area (Å²) < 4.78 is 6.38. The second-order valence-corrected chi connectivity index (χ2v) is 3.46. The Morgan fingerprint density at radius 2 is 1.92 bits per heavy atom. The minimum absolute atomic E-state index is 1.01. The highest BCUT2D eigenvalue weighted by Crippen LogP contribution is 2.26. The Morgan fingerprint density at radius 1 is 1.33 bits per heavy atom. The molecule has 0 unspecified atom stereocenters. The molecule has 0 aliphatic heterocycles. The fourth-order valence-electron chi connectivity index (χ4n) is 1.00. The molecule has 1 rings (SSSR count). The molecular weight excluding hydrogens is 216 g/mol. The lowest BCUT2D eigenvalue weighted by Crippen LogP contribution is -1.95. The summed E-state index contributed by atoms with van der Waals surface area (Å²) in [5.41, 5.74) is 1.34. The van der Waals surface area contributed by atoms with E-state index in [0.717, 1.165) is 18.6 Å². The summed E-state index contributed by atoms with van der Waals surface area (Å²) in [6, 6.07) is 0. The van der Waals surface area contributed by atoms with Crippen LogP contribution in [0.3, 0.4) is 0 Å². The van der Waals surface area contributed by atoms with Crippen molar-refractivity contribution in [2.24, 2.45) is 0 Å². The highest BCUT2D eigenvalue weighted by atomic mass is 79.9. The van der Waals surface area contributed by atoms with Crippen molar-refractivity contribution in [3.63, 3.8) is 0 Å². The summed E-state index contributed by atoms with van der Waals surface area (Å²) in [6.07, 6.45) is 4.26. The first kappa shape index (κ1) is 11.8. The van der Waals surface area contributed by atoms with Crippen molar-refractivity contribution in [1.29, 1.82) is 0 Å². The van der Waals surface area contributed by atoms with Crippen molar-refractivity contribution in [3.05, 3.63) is 21.9 Å². The summed E-state index contributed by atoms with van der Waals surface area (Å²) in [4.78, 5) is 0. The second-order valence-electron chi connectivity index (χ2n) is 2.44. The molecule has 0 amide bonds. The third kappa shape index (κ3) is 3.44. The van der Waals surface area contributed by atoms with Gasteiger partial charge in [-0.2, -0.15) is 0 Å². The van der Waals surface area contributed by atoms with Gasteiger partial charge >= 0.3 is 0 Å². The molecule has 0 N–H and O–H groups in total. The van der Waals surface area contributed by atoms with Crippen molar-refractivity contribution in [3.8, 4) is 0 Å². The molecule has 0 aromatic heterocycles. The van der Waals surface area contributed by atoms with E-state index in [4.69, 9.17) is 4.74 Å². The third-order valence-electron chi connectivity index (χ3n) is 1.67. The van der Waals surface area contributed by atoms with Gasteiger partial charge in [-0.05, 0) is 35.9 Å². The van der Waals surface area contributed by atoms with E-state index in [1.54, 1.807) is 7.11 Å². The van der Waals surface area contributed by atoms with E-state index in [9.17, 15) is 0 Å². The van der Waals surface area contributed by atoms with Crippen molar-refractivity contribution >= 4 is 15.9 Å². The van der Waals surface area contributed by atoms with Crippen LogP contribution in [0.4, 0.5) is 0 Å². The first-order valence-electron chi connectivity index (χ1n) is 4.34. The molecule has 0 spiro atoms. The van der Waals surface area contributed by atoms with Crippen LogP contribution in [0.25, 0.3) is 0 Å². The SMILES string of the molecule is CC.COC1=C(C)CCC(Br)=C1. The van der Waals surface area contributed by atoms with Crippen molar-refractivity contribution in [2.45, 2.75) is 33.6 Å². The van der Waals surface area contributed by atoms with E-state index in [1.165, 1.54) is 10.1 Å². The largest absolute Gasteiger partial charge is 0.497 e. The van der Waals surface area contributed by atoms with Gasteiger partial charge in [-0.15, -0.1) is 0 Å². The molecule has 0 fully saturated rings. The molecule has 12 heavy (non-hydrogen) atoms. The lowest BCUT2D eigenvalue weighted by Gasteiger charge is -2.12. The Labute approximate surface area is 83.6 Å². The van der Waals surface area contributed by atoms with Gasteiger partial charge in [0.2, 0.25) is 0 Å².